The molecule has 1 aliphatic carbocycles. The zero-order valence-corrected chi connectivity index (χ0v) is 16.4. The number of carbonyl (C=O) groups excluding carboxylic acids is 1. The van der Waals surface area contributed by atoms with Gasteiger partial charge < -0.3 is 14.4 Å². The molecule has 0 aliphatic heterocycles. The summed E-state index contributed by atoms with van der Waals surface area (Å²) >= 11 is 0. The van der Waals surface area contributed by atoms with E-state index in [9.17, 15) is 14.7 Å². The highest BCUT2D eigenvalue weighted by atomic mass is 16.5. The maximum atomic E-state index is 12.8. The van der Waals surface area contributed by atoms with Crippen molar-refractivity contribution in [2.45, 2.75) is 39.4 Å². The zero-order valence-electron chi connectivity index (χ0n) is 16.4. The molecule has 0 radical (unpaired) electrons. The van der Waals surface area contributed by atoms with Gasteiger partial charge in [-0.15, -0.1) is 0 Å². The molecule has 1 aliphatic rings. The van der Waals surface area contributed by atoms with Crippen LogP contribution in [0.4, 0.5) is 0 Å². The van der Waals surface area contributed by atoms with E-state index in [1.807, 2.05) is 13.0 Å². The summed E-state index contributed by atoms with van der Waals surface area (Å²) in [6.45, 7) is 5.06. The fourth-order valence-corrected chi connectivity index (χ4v) is 3.11. The molecule has 2 heterocycles. The monoisotopic (exact) mass is 378 g/mol. The fourth-order valence-electron chi connectivity index (χ4n) is 3.11. The van der Waals surface area contributed by atoms with Crippen molar-refractivity contribution in [2.24, 2.45) is 7.05 Å². The summed E-state index contributed by atoms with van der Waals surface area (Å²) in [5.74, 6) is 5.17. The lowest BCUT2D eigenvalue weighted by Crippen LogP contribution is -2.23. The molecule has 0 aromatic carbocycles. The zero-order chi connectivity index (χ0) is 20.5. The first kappa shape index (κ1) is 19.6. The molecule has 0 saturated carbocycles. The van der Waals surface area contributed by atoms with Gasteiger partial charge in [0.15, 0.2) is 0 Å². The first-order chi connectivity index (χ1) is 13.2. The van der Waals surface area contributed by atoms with Crippen LogP contribution in [-0.2, 0) is 29.6 Å². The summed E-state index contributed by atoms with van der Waals surface area (Å²) in [6.07, 6.45) is 5.24. The van der Waals surface area contributed by atoms with Crippen molar-refractivity contribution < 1.29 is 14.6 Å². The van der Waals surface area contributed by atoms with E-state index < -0.39 is 11.6 Å². The summed E-state index contributed by atoms with van der Waals surface area (Å²) in [6, 6.07) is 3.59. The number of nitrogens with zero attached hydrogens (tertiary/aromatic N) is 2. The number of aliphatic hydroxyl groups is 1. The van der Waals surface area contributed by atoms with Gasteiger partial charge in [0.1, 0.15) is 12.2 Å². The molecule has 0 unspecified atom stereocenters. The van der Waals surface area contributed by atoms with Gasteiger partial charge in [-0.1, -0.05) is 23.5 Å². The van der Waals surface area contributed by atoms with Crippen LogP contribution in [0.25, 0.3) is 5.57 Å². The van der Waals surface area contributed by atoms with Gasteiger partial charge in [0.25, 0.3) is 5.56 Å². The molecule has 2 aromatic heterocycles. The number of esters is 1. The highest BCUT2D eigenvalue weighted by Gasteiger charge is 2.31. The Morgan fingerprint density at radius 1 is 1.43 bits per heavy atom. The number of aromatic nitrogens is 2. The molecule has 6 nitrogen and oxygen atoms in total. The van der Waals surface area contributed by atoms with Crippen LogP contribution in [0, 0.1) is 11.8 Å². The van der Waals surface area contributed by atoms with E-state index in [0.717, 1.165) is 11.1 Å². The quantitative estimate of drug-likeness (QED) is 0.652. The van der Waals surface area contributed by atoms with E-state index in [4.69, 9.17) is 4.74 Å². The molecule has 0 atom stereocenters. The molecule has 3 rings (SSSR count). The van der Waals surface area contributed by atoms with E-state index in [1.54, 1.807) is 45.6 Å². The second kappa shape index (κ2) is 7.45. The summed E-state index contributed by atoms with van der Waals surface area (Å²) in [4.78, 5) is 29.4. The van der Waals surface area contributed by atoms with Crippen molar-refractivity contribution in [1.29, 1.82) is 0 Å². The van der Waals surface area contributed by atoms with Gasteiger partial charge in [-0.05, 0) is 26.8 Å². The number of ether oxygens (including phenoxy) is 1. The Morgan fingerprint density at radius 2 is 2.18 bits per heavy atom. The van der Waals surface area contributed by atoms with Crippen LogP contribution in [0.5, 0.6) is 0 Å². The standard InChI is InChI=1S/C22H22N2O4/c1-14-10-17-19(16(7-8-22(2,3)27)12-24(4)20(17)25)18(14)21(26)28-13-15-6-5-9-23-11-15/h5-6,9,11-12,27H,10,13H2,1-4H3. The Hall–Kier alpha value is -3.17. The van der Waals surface area contributed by atoms with E-state index in [0.29, 0.717) is 28.7 Å². The van der Waals surface area contributed by atoms with E-state index in [2.05, 4.69) is 16.8 Å². The van der Waals surface area contributed by atoms with Gasteiger partial charge in [-0.2, -0.15) is 0 Å². The number of pyridine rings is 2. The number of fused-ring (bicyclic) bond motifs is 1. The second-order valence-electron chi connectivity index (χ2n) is 7.39. The van der Waals surface area contributed by atoms with E-state index >= 15 is 0 Å². The van der Waals surface area contributed by atoms with Crippen LogP contribution in [0.1, 0.15) is 43.0 Å². The van der Waals surface area contributed by atoms with Crippen molar-refractivity contribution in [1.82, 2.24) is 9.55 Å². The Bertz CT molecular complexity index is 1080. The minimum absolute atomic E-state index is 0.0916. The van der Waals surface area contributed by atoms with Crippen LogP contribution in [0.2, 0.25) is 0 Å². The molecule has 1 N–H and O–H groups in total. The highest BCUT2D eigenvalue weighted by Crippen LogP contribution is 2.34. The molecule has 0 spiro atoms. The molecular weight excluding hydrogens is 356 g/mol. The maximum absolute atomic E-state index is 12.8. The number of hydrogen-bond acceptors (Lipinski definition) is 5. The smallest absolute Gasteiger partial charge is 0.339 e. The van der Waals surface area contributed by atoms with Gasteiger partial charge in [-0.3, -0.25) is 9.78 Å². The molecule has 0 bridgehead atoms. The first-order valence-corrected chi connectivity index (χ1v) is 8.91. The molecule has 2 aromatic rings. The third kappa shape index (κ3) is 4.05. The largest absolute Gasteiger partial charge is 0.457 e. The Labute approximate surface area is 163 Å². The average Bonchev–Trinajstić information content (AvgIpc) is 2.99. The average molecular weight is 378 g/mol. The lowest BCUT2D eigenvalue weighted by atomic mass is 10.00. The maximum Gasteiger partial charge on any atom is 0.339 e. The molecule has 6 heteroatoms. The third-order valence-electron chi connectivity index (χ3n) is 4.39. The molecular formula is C22H22N2O4. The third-order valence-corrected chi connectivity index (χ3v) is 4.39. The summed E-state index contributed by atoms with van der Waals surface area (Å²) in [5, 5.41) is 9.94. The van der Waals surface area contributed by atoms with Crippen LogP contribution >= 0.6 is 0 Å². The summed E-state index contributed by atoms with van der Waals surface area (Å²) in [7, 11) is 1.64. The van der Waals surface area contributed by atoms with Gasteiger partial charge in [0.05, 0.1) is 5.57 Å². The van der Waals surface area contributed by atoms with Crippen molar-refractivity contribution in [3.63, 3.8) is 0 Å². The Morgan fingerprint density at radius 3 is 2.82 bits per heavy atom. The predicted molar refractivity (Wildman–Crippen MR) is 105 cm³/mol. The van der Waals surface area contributed by atoms with Crippen molar-refractivity contribution in [2.75, 3.05) is 0 Å². The minimum Gasteiger partial charge on any atom is -0.457 e. The predicted octanol–water partition coefficient (Wildman–Crippen LogP) is 1.98. The van der Waals surface area contributed by atoms with Crippen LogP contribution in [0.15, 0.2) is 41.1 Å². The minimum atomic E-state index is -1.19. The van der Waals surface area contributed by atoms with Crippen LogP contribution < -0.4 is 5.56 Å². The van der Waals surface area contributed by atoms with E-state index in [1.165, 1.54) is 4.57 Å². The second-order valence-corrected chi connectivity index (χ2v) is 7.39. The summed E-state index contributed by atoms with van der Waals surface area (Å²) in [5.41, 5.74) is 2.10. The van der Waals surface area contributed by atoms with Crippen LogP contribution in [-0.4, -0.2) is 26.2 Å². The van der Waals surface area contributed by atoms with Crippen molar-refractivity contribution in [3.05, 3.63) is 68.9 Å². The number of allylic oxidation sites excluding steroid dienone is 1. The van der Waals surface area contributed by atoms with Gasteiger partial charge in [0.2, 0.25) is 0 Å². The topological polar surface area (TPSA) is 81.4 Å². The van der Waals surface area contributed by atoms with Gasteiger partial charge in [-0.25, -0.2) is 4.79 Å². The molecule has 0 saturated heterocycles. The molecule has 144 valence electrons. The molecule has 0 fully saturated rings. The van der Waals surface area contributed by atoms with Crippen molar-refractivity contribution >= 4 is 11.5 Å². The van der Waals surface area contributed by atoms with Crippen molar-refractivity contribution in [3.8, 4) is 11.8 Å². The summed E-state index contributed by atoms with van der Waals surface area (Å²) < 4.78 is 6.92. The number of aryl methyl sites for hydroxylation is 1. The van der Waals surface area contributed by atoms with Crippen LogP contribution in [0.3, 0.4) is 0 Å². The normalized spacial score (nSPS) is 13.0. The number of carbonyl (C=O) groups is 1. The first-order valence-electron chi connectivity index (χ1n) is 8.91. The van der Waals surface area contributed by atoms with E-state index in [-0.39, 0.29) is 12.2 Å². The number of rotatable bonds is 3. The lowest BCUT2D eigenvalue weighted by molar-refractivity contribution is -0.137. The molecule has 0 amide bonds. The Kier molecular flexibility index (Phi) is 5.21. The lowest BCUT2D eigenvalue weighted by Gasteiger charge is -2.12. The number of hydrogen-bond donors (Lipinski definition) is 1. The highest BCUT2D eigenvalue weighted by molar-refractivity contribution is 6.19. The SMILES string of the molecule is CC1=C(C(=O)OCc2cccnc2)c2c(C#CC(C)(C)O)cn(C)c(=O)c2C1. The van der Waals surface area contributed by atoms with Gasteiger partial charge in [0, 0.05) is 54.3 Å². The fraction of sp³-hybridized carbons (Fsp3) is 0.318. The molecule has 28 heavy (non-hydrogen) atoms. The van der Waals surface area contributed by atoms with Gasteiger partial charge >= 0.3 is 5.97 Å². The Balaban J connectivity index is 2.01.